The molecule has 1 atom stereocenters. The average Bonchev–Trinajstić information content (AvgIpc) is 2.31. The molecule has 1 unspecified atom stereocenters. The van der Waals surface area contributed by atoms with Crippen molar-refractivity contribution in [2.75, 3.05) is 20.8 Å². The second-order valence-corrected chi connectivity index (χ2v) is 4.06. The van der Waals surface area contributed by atoms with Gasteiger partial charge in [-0.15, -0.1) is 0 Å². The Labute approximate surface area is 102 Å². The first-order valence-corrected chi connectivity index (χ1v) is 5.45. The number of benzene rings is 1. The van der Waals surface area contributed by atoms with Crippen LogP contribution >= 0.6 is 0 Å². The minimum atomic E-state index is -0.619. The van der Waals surface area contributed by atoms with Gasteiger partial charge >= 0.3 is 0 Å². The third kappa shape index (κ3) is 3.05. The molecule has 0 amide bonds. The van der Waals surface area contributed by atoms with E-state index >= 15 is 0 Å². The molecular formula is C13H19NO3. The van der Waals surface area contributed by atoms with Crippen LogP contribution in [-0.4, -0.2) is 32.7 Å². The molecule has 0 aliphatic heterocycles. The molecule has 17 heavy (non-hydrogen) atoms. The highest BCUT2D eigenvalue weighted by Crippen LogP contribution is 2.23. The minimum absolute atomic E-state index is 0.102. The summed E-state index contributed by atoms with van der Waals surface area (Å²) in [4.78, 5) is 12.1. The van der Waals surface area contributed by atoms with Crippen LogP contribution in [0, 0.1) is 13.8 Å². The van der Waals surface area contributed by atoms with Gasteiger partial charge in [0, 0.05) is 12.7 Å². The van der Waals surface area contributed by atoms with E-state index in [4.69, 9.17) is 15.2 Å². The normalized spacial score (nSPS) is 12.3. The lowest BCUT2D eigenvalue weighted by Crippen LogP contribution is -2.35. The molecule has 2 N–H and O–H groups in total. The van der Waals surface area contributed by atoms with E-state index in [0.29, 0.717) is 5.56 Å². The summed E-state index contributed by atoms with van der Waals surface area (Å²) in [5.41, 5.74) is 8.16. The van der Waals surface area contributed by atoms with Gasteiger partial charge in [-0.1, -0.05) is 0 Å². The van der Waals surface area contributed by atoms with Gasteiger partial charge < -0.3 is 15.2 Å². The molecule has 1 aromatic carbocycles. The molecule has 1 aromatic rings. The zero-order valence-corrected chi connectivity index (χ0v) is 10.7. The van der Waals surface area contributed by atoms with Crippen molar-refractivity contribution in [2.24, 2.45) is 5.73 Å². The number of rotatable bonds is 5. The lowest BCUT2D eigenvalue weighted by molar-refractivity contribution is 0.0891. The van der Waals surface area contributed by atoms with Gasteiger partial charge in [0.2, 0.25) is 0 Å². The standard InChI is InChI=1S/C13H19NO3/c1-8-6-12(17-4)9(2)5-10(8)13(15)11(14)7-16-3/h5-6,11H,7,14H2,1-4H3. The predicted octanol–water partition coefficient (Wildman–Crippen LogP) is 1.47. The third-order valence-electron chi connectivity index (χ3n) is 2.69. The molecule has 0 saturated carbocycles. The predicted molar refractivity (Wildman–Crippen MR) is 66.6 cm³/mol. The van der Waals surface area contributed by atoms with Crippen LogP contribution in [0.3, 0.4) is 0 Å². The molecule has 0 saturated heterocycles. The van der Waals surface area contributed by atoms with Gasteiger partial charge in [0.1, 0.15) is 5.75 Å². The first kappa shape index (κ1) is 13.7. The second-order valence-electron chi connectivity index (χ2n) is 4.06. The molecule has 0 aromatic heterocycles. The fourth-order valence-electron chi connectivity index (χ4n) is 1.73. The summed E-state index contributed by atoms with van der Waals surface area (Å²) in [6.07, 6.45) is 0. The number of nitrogens with two attached hydrogens (primary N) is 1. The maximum Gasteiger partial charge on any atom is 0.182 e. The van der Waals surface area contributed by atoms with Crippen LogP contribution in [0.2, 0.25) is 0 Å². The molecular weight excluding hydrogens is 218 g/mol. The van der Waals surface area contributed by atoms with Crippen LogP contribution in [0.25, 0.3) is 0 Å². The van der Waals surface area contributed by atoms with Crippen molar-refractivity contribution in [1.82, 2.24) is 0 Å². The average molecular weight is 237 g/mol. The van der Waals surface area contributed by atoms with E-state index in [0.717, 1.165) is 16.9 Å². The first-order valence-electron chi connectivity index (χ1n) is 5.45. The second kappa shape index (κ2) is 5.80. The highest BCUT2D eigenvalue weighted by atomic mass is 16.5. The van der Waals surface area contributed by atoms with E-state index in [1.54, 1.807) is 7.11 Å². The van der Waals surface area contributed by atoms with Crippen molar-refractivity contribution in [3.63, 3.8) is 0 Å². The van der Waals surface area contributed by atoms with E-state index < -0.39 is 6.04 Å². The summed E-state index contributed by atoms with van der Waals surface area (Å²) >= 11 is 0. The van der Waals surface area contributed by atoms with Gasteiger partial charge in [-0.3, -0.25) is 4.79 Å². The Morgan fingerprint density at radius 1 is 1.29 bits per heavy atom. The van der Waals surface area contributed by atoms with Gasteiger partial charge in [0.15, 0.2) is 5.78 Å². The number of ketones is 1. The van der Waals surface area contributed by atoms with Gasteiger partial charge in [-0.2, -0.15) is 0 Å². The van der Waals surface area contributed by atoms with Crippen molar-refractivity contribution >= 4 is 5.78 Å². The van der Waals surface area contributed by atoms with Gasteiger partial charge in [0.25, 0.3) is 0 Å². The van der Waals surface area contributed by atoms with Gasteiger partial charge in [0.05, 0.1) is 19.8 Å². The van der Waals surface area contributed by atoms with Crippen LogP contribution in [0.1, 0.15) is 21.5 Å². The summed E-state index contributed by atoms with van der Waals surface area (Å²) in [6.45, 7) is 4.00. The number of aryl methyl sites for hydroxylation is 2. The third-order valence-corrected chi connectivity index (χ3v) is 2.69. The number of hydrogen-bond donors (Lipinski definition) is 1. The van der Waals surface area contributed by atoms with Crippen molar-refractivity contribution < 1.29 is 14.3 Å². The Hall–Kier alpha value is -1.39. The lowest BCUT2D eigenvalue weighted by atomic mass is 9.97. The molecule has 0 bridgehead atoms. The van der Waals surface area contributed by atoms with Crippen molar-refractivity contribution in [1.29, 1.82) is 0 Å². The van der Waals surface area contributed by atoms with Gasteiger partial charge in [-0.25, -0.2) is 0 Å². The molecule has 0 fully saturated rings. The monoisotopic (exact) mass is 237 g/mol. The zero-order valence-electron chi connectivity index (χ0n) is 10.7. The highest BCUT2D eigenvalue weighted by Gasteiger charge is 2.18. The van der Waals surface area contributed by atoms with E-state index in [1.807, 2.05) is 26.0 Å². The van der Waals surface area contributed by atoms with E-state index in [2.05, 4.69) is 0 Å². The highest BCUT2D eigenvalue weighted by molar-refractivity contribution is 6.01. The van der Waals surface area contributed by atoms with Crippen molar-refractivity contribution in [3.05, 3.63) is 28.8 Å². The molecule has 4 nitrogen and oxygen atoms in total. The number of ether oxygens (including phenoxy) is 2. The van der Waals surface area contributed by atoms with E-state index in [9.17, 15) is 4.79 Å². The van der Waals surface area contributed by atoms with Crippen molar-refractivity contribution in [2.45, 2.75) is 19.9 Å². The fraction of sp³-hybridized carbons (Fsp3) is 0.462. The van der Waals surface area contributed by atoms with Crippen molar-refractivity contribution in [3.8, 4) is 5.75 Å². The number of carbonyl (C=O) groups is 1. The summed E-state index contributed by atoms with van der Waals surface area (Å²) in [5.74, 6) is 0.675. The van der Waals surface area contributed by atoms with E-state index in [-0.39, 0.29) is 12.4 Å². The smallest absolute Gasteiger partial charge is 0.182 e. The lowest BCUT2D eigenvalue weighted by Gasteiger charge is -2.14. The van der Waals surface area contributed by atoms with Gasteiger partial charge in [-0.05, 0) is 37.1 Å². The summed E-state index contributed by atoms with van der Waals surface area (Å²) in [7, 11) is 3.14. The fourth-order valence-corrected chi connectivity index (χ4v) is 1.73. The van der Waals surface area contributed by atoms with Crippen LogP contribution < -0.4 is 10.5 Å². The molecule has 0 radical (unpaired) electrons. The number of Topliss-reactive ketones (excluding diaryl/α,β-unsaturated/α-hetero) is 1. The van der Waals surface area contributed by atoms with Crippen LogP contribution in [-0.2, 0) is 4.74 Å². The van der Waals surface area contributed by atoms with E-state index in [1.165, 1.54) is 7.11 Å². The zero-order chi connectivity index (χ0) is 13.0. The summed E-state index contributed by atoms with van der Waals surface area (Å²) in [5, 5.41) is 0. The quantitative estimate of drug-likeness (QED) is 0.788. The molecule has 94 valence electrons. The van der Waals surface area contributed by atoms with Crippen LogP contribution in [0.15, 0.2) is 12.1 Å². The Morgan fingerprint density at radius 3 is 2.47 bits per heavy atom. The largest absolute Gasteiger partial charge is 0.496 e. The maximum absolute atomic E-state index is 12.1. The number of hydrogen-bond acceptors (Lipinski definition) is 4. The summed E-state index contributed by atoms with van der Waals surface area (Å²) < 4.78 is 10.1. The number of methoxy groups -OCH3 is 2. The molecule has 0 spiro atoms. The van der Waals surface area contributed by atoms with Crippen LogP contribution in [0.5, 0.6) is 5.75 Å². The van der Waals surface area contributed by atoms with Crippen LogP contribution in [0.4, 0.5) is 0 Å². The molecule has 0 aliphatic rings. The Balaban J connectivity index is 3.06. The molecule has 0 aliphatic carbocycles. The maximum atomic E-state index is 12.1. The molecule has 1 rings (SSSR count). The topological polar surface area (TPSA) is 61.5 Å². The Bertz CT molecular complexity index is 415. The number of carbonyl (C=O) groups excluding carboxylic acids is 1. The Morgan fingerprint density at radius 2 is 1.94 bits per heavy atom. The minimum Gasteiger partial charge on any atom is -0.496 e. The summed E-state index contributed by atoms with van der Waals surface area (Å²) in [6, 6.07) is 3.04. The molecule has 0 heterocycles. The first-order chi connectivity index (χ1) is 8.01. The molecule has 4 heteroatoms. The Kier molecular flexibility index (Phi) is 4.66. The SMILES string of the molecule is COCC(N)C(=O)c1cc(C)c(OC)cc1C.